The average molecular weight is 732 g/mol. The first-order valence-electron chi connectivity index (χ1n) is 19.2. The molecular weight excluding hydrogens is 687 g/mol. The average Bonchev–Trinajstić information content (AvgIpc) is 3.87. The summed E-state index contributed by atoms with van der Waals surface area (Å²) in [5.41, 5.74) is 10.3. The molecule has 3 aliphatic heterocycles. The molecule has 3 aliphatic rings. The Kier molecular flexibility index (Phi) is 9.66. The molecule has 0 unspecified atom stereocenters. The van der Waals surface area contributed by atoms with Crippen LogP contribution in [0.1, 0.15) is 48.5 Å². The number of aromatic nitrogens is 1. The van der Waals surface area contributed by atoms with Gasteiger partial charge in [-0.05, 0) is 88.8 Å². The fraction of sp³-hybridized carbons (Fsp3) is 0.261. The van der Waals surface area contributed by atoms with E-state index >= 15 is 4.79 Å². The third-order valence-electron chi connectivity index (χ3n) is 11.3. The molecular formula is C46H45N5O4. The zero-order chi connectivity index (χ0) is 37.3. The molecule has 0 spiro atoms. The van der Waals surface area contributed by atoms with Crippen LogP contribution in [0.4, 0.5) is 5.69 Å². The van der Waals surface area contributed by atoms with Crippen molar-refractivity contribution >= 4 is 23.0 Å². The SMILES string of the molecule is CN(C(=O)c1cc(-c2cc3c(cc2C(=O)N2Cc4ccccc4C[C@H]2CN2CCOCC2)CNC3)n2ccccc12)c1ccc(OCc2ccccc2)cc1. The highest BCUT2D eigenvalue weighted by atomic mass is 16.5. The molecule has 0 bridgehead atoms. The zero-order valence-corrected chi connectivity index (χ0v) is 31.1. The van der Waals surface area contributed by atoms with Crippen molar-refractivity contribution in [2.24, 2.45) is 0 Å². The largest absolute Gasteiger partial charge is 0.489 e. The molecule has 278 valence electrons. The summed E-state index contributed by atoms with van der Waals surface area (Å²) in [5, 5.41) is 3.48. The number of hydrogen-bond acceptors (Lipinski definition) is 6. The van der Waals surface area contributed by atoms with E-state index in [0.717, 1.165) is 78.5 Å². The second kappa shape index (κ2) is 15.2. The Morgan fingerprint density at radius 2 is 1.53 bits per heavy atom. The van der Waals surface area contributed by atoms with Crippen LogP contribution in [0, 0.1) is 0 Å². The molecule has 55 heavy (non-hydrogen) atoms. The van der Waals surface area contributed by atoms with Gasteiger partial charge < -0.3 is 29.0 Å². The van der Waals surface area contributed by atoms with E-state index in [2.05, 4.69) is 55.9 Å². The lowest BCUT2D eigenvalue weighted by atomic mass is 9.91. The number of benzene rings is 4. The lowest BCUT2D eigenvalue weighted by Gasteiger charge is -2.40. The third kappa shape index (κ3) is 7.02. The molecule has 1 fully saturated rings. The number of carbonyl (C=O) groups excluding carboxylic acids is 2. The second-order valence-corrected chi connectivity index (χ2v) is 14.8. The highest BCUT2D eigenvalue weighted by Gasteiger charge is 2.34. The molecule has 1 N–H and O–H groups in total. The Morgan fingerprint density at radius 1 is 0.800 bits per heavy atom. The van der Waals surface area contributed by atoms with Crippen LogP contribution < -0.4 is 15.0 Å². The molecule has 0 radical (unpaired) electrons. The van der Waals surface area contributed by atoms with Crippen molar-refractivity contribution in [1.29, 1.82) is 0 Å². The fourth-order valence-corrected chi connectivity index (χ4v) is 8.30. The maximum Gasteiger partial charge on any atom is 0.260 e. The van der Waals surface area contributed by atoms with Crippen molar-refractivity contribution in [1.82, 2.24) is 19.5 Å². The highest BCUT2D eigenvalue weighted by molar-refractivity contribution is 6.12. The summed E-state index contributed by atoms with van der Waals surface area (Å²) in [5.74, 6) is 0.613. The molecule has 9 rings (SSSR count). The molecule has 1 atom stereocenters. The standard InChI is InChI=1S/C46H45N5O4/c1-48(37-14-16-39(17-15-37)55-31-32-9-3-2-4-10-32)45(52)42-26-44(50-18-8-7-13-43(42)50)40-24-35-27-47-28-36(35)25-41(40)46(53)51-29-34-12-6-5-11-33(34)23-38(51)30-49-19-21-54-22-20-49/h2-18,24-26,38,47H,19-23,27-31H2,1H3/t38-/m0/s1. The van der Waals surface area contributed by atoms with Gasteiger partial charge in [-0.3, -0.25) is 14.5 Å². The normalized spacial score (nSPS) is 16.8. The minimum absolute atomic E-state index is 0.0166. The van der Waals surface area contributed by atoms with Crippen molar-refractivity contribution in [3.8, 4) is 17.0 Å². The summed E-state index contributed by atoms with van der Waals surface area (Å²) in [7, 11) is 1.80. The van der Waals surface area contributed by atoms with Crippen LogP contribution in [-0.4, -0.2) is 72.0 Å². The Morgan fingerprint density at radius 3 is 2.33 bits per heavy atom. The van der Waals surface area contributed by atoms with Gasteiger partial charge in [-0.2, -0.15) is 0 Å². The van der Waals surface area contributed by atoms with E-state index in [4.69, 9.17) is 9.47 Å². The van der Waals surface area contributed by atoms with Crippen LogP contribution in [0.15, 0.2) is 121 Å². The number of nitrogens with zero attached hydrogens (tertiary/aromatic N) is 4. The number of anilines is 1. The molecule has 4 aromatic carbocycles. The summed E-state index contributed by atoms with van der Waals surface area (Å²) in [4.78, 5) is 35.7. The minimum atomic E-state index is -0.137. The number of pyridine rings is 1. The maximum atomic E-state index is 15.1. The van der Waals surface area contributed by atoms with Gasteiger partial charge in [0, 0.05) is 75.4 Å². The molecule has 9 nitrogen and oxygen atoms in total. The maximum absolute atomic E-state index is 15.1. The van der Waals surface area contributed by atoms with E-state index in [1.54, 1.807) is 11.9 Å². The number of rotatable bonds is 9. The van der Waals surface area contributed by atoms with E-state index in [1.807, 2.05) is 85.1 Å². The van der Waals surface area contributed by atoms with Crippen LogP contribution in [-0.2, 0) is 37.4 Å². The van der Waals surface area contributed by atoms with Crippen LogP contribution in [0.2, 0.25) is 0 Å². The van der Waals surface area contributed by atoms with Crippen LogP contribution in [0.5, 0.6) is 5.75 Å². The quantitative estimate of drug-likeness (QED) is 0.173. The Hall–Kier alpha value is -5.74. The van der Waals surface area contributed by atoms with Crippen molar-refractivity contribution in [2.45, 2.75) is 38.7 Å². The van der Waals surface area contributed by atoms with Gasteiger partial charge in [-0.25, -0.2) is 0 Å². The number of ether oxygens (including phenoxy) is 2. The molecule has 0 aliphatic carbocycles. The van der Waals surface area contributed by atoms with E-state index in [1.165, 1.54) is 16.7 Å². The van der Waals surface area contributed by atoms with Gasteiger partial charge in [0.2, 0.25) is 0 Å². The van der Waals surface area contributed by atoms with E-state index in [-0.39, 0.29) is 17.9 Å². The van der Waals surface area contributed by atoms with Gasteiger partial charge in [0.05, 0.1) is 30.0 Å². The lowest BCUT2D eigenvalue weighted by molar-refractivity contribution is 0.0193. The smallest absolute Gasteiger partial charge is 0.260 e. The summed E-state index contributed by atoms with van der Waals surface area (Å²) in [6.45, 7) is 6.43. The van der Waals surface area contributed by atoms with Crippen molar-refractivity contribution in [3.05, 3.63) is 160 Å². The van der Waals surface area contributed by atoms with E-state index in [9.17, 15) is 4.79 Å². The first kappa shape index (κ1) is 35.0. The lowest BCUT2D eigenvalue weighted by Crippen LogP contribution is -2.52. The Labute approximate surface area is 321 Å². The third-order valence-corrected chi connectivity index (χ3v) is 11.3. The Bertz CT molecular complexity index is 2350. The number of fused-ring (bicyclic) bond motifs is 3. The van der Waals surface area contributed by atoms with Gasteiger partial charge in [-0.15, -0.1) is 0 Å². The predicted octanol–water partition coefficient (Wildman–Crippen LogP) is 6.96. The van der Waals surface area contributed by atoms with Gasteiger partial charge in [0.25, 0.3) is 11.8 Å². The van der Waals surface area contributed by atoms with Crippen LogP contribution in [0.3, 0.4) is 0 Å². The zero-order valence-electron chi connectivity index (χ0n) is 31.1. The number of nitrogens with one attached hydrogen (secondary N) is 1. The molecule has 6 aromatic rings. The highest BCUT2D eigenvalue weighted by Crippen LogP contribution is 2.36. The summed E-state index contributed by atoms with van der Waals surface area (Å²) in [6, 6.07) is 38.3. The molecule has 0 saturated carbocycles. The number of carbonyl (C=O) groups is 2. The first-order valence-corrected chi connectivity index (χ1v) is 19.2. The van der Waals surface area contributed by atoms with Crippen molar-refractivity contribution in [2.75, 3.05) is 44.8 Å². The van der Waals surface area contributed by atoms with Crippen LogP contribution in [0.25, 0.3) is 16.8 Å². The number of morpholine rings is 1. The van der Waals surface area contributed by atoms with Gasteiger partial charge in [-0.1, -0.05) is 60.7 Å². The van der Waals surface area contributed by atoms with Crippen molar-refractivity contribution in [3.63, 3.8) is 0 Å². The molecule has 5 heterocycles. The topological polar surface area (TPSA) is 78.8 Å². The first-order chi connectivity index (χ1) is 27.0. The summed E-state index contributed by atoms with van der Waals surface area (Å²) >= 11 is 0. The van der Waals surface area contributed by atoms with Crippen molar-refractivity contribution < 1.29 is 19.1 Å². The fourth-order valence-electron chi connectivity index (χ4n) is 8.30. The van der Waals surface area contributed by atoms with Gasteiger partial charge >= 0.3 is 0 Å². The monoisotopic (exact) mass is 731 g/mol. The molecule has 1 saturated heterocycles. The van der Waals surface area contributed by atoms with E-state index in [0.29, 0.717) is 37.5 Å². The Balaban J connectivity index is 1.05. The van der Waals surface area contributed by atoms with Gasteiger partial charge in [0.15, 0.2) is 0 Å². The molecule has 9 heteroatoms. The molecule has 2 aromatic heterocycles. The summed E-state index contributed by atoms with van der Waals surface area (Å²) in [6.07, 6.45) is 2.79. The number of hydrogen-bond donors (Lipinski definition) is 1. The number of amides is 2. The predicted molar refractivity (Wildman–Crippen MR) is 214 cm³/mol. The van der Waals surface area contributed by atoms with Gasteiger partial charge in [0.1, 0.15) is 12.4 Å². The van der Waals surface area contributed by atoms with E-state index < -0.39 is 0 Å². The second-order valence-electron chi connectivity index (χ2n) is 14.8. The van der Waals surface area contributed by atoms with Crippen LogP contribution >= 0.6 is 0 Å². The minimum Gasteiger partial charge on any atom is -0.489 e. The molecule has 2 amide bonds. The summed E-state index contributed by atoms with van der Waals surface area (Å²) < 4.78 is 13.7.